The molecule has 1 fully saturated rings. The summed E-state index contributed by atoms with van der Waals surface area (Å²) in [5.74, 6) is -1.39. The van der Waals surface area contributed by atoms with Crippen molar-refractivity contribution >= 4 is 29.8 Å². The van der Waals surface area contributed by atoms with E-state index in [2.05, 4.69) is 5.32 Å². The molecule has 0 radical (unpaired) electrons. The molecule has 1 aliphatic heterocycles. The Morgan fingerprint density at radius 1 is 1.20 bits per heavy atom. The van der Waals surface area contributed by atoms with Crippen LogP contribution in [0.2, 0.25) is 0 Å². The summed E-state index contributed by atoms with van der Waals surface area (Å²) in [4.78, 5) is 48.9. The molecule has 0 saturated carbocycles. The molecule has 0 spiro atoms. The summed E-state index contributed by atoms with van der Waals surface area (Å²) in [5.41, 5.74) is 6.07. The van der Waals surface area contributed by atoms with Gasteiger partial charge in [-0.2, -0.15) is 0 Å². The molecule has 2 rings (SSSR count). The minimum absolute atomic E-state index is 0.224. The Bertz CT molecular complexity index is 797. The number of amides is 3. The number of hydrogen-bond donors (Lipinski definition) is 2. The second-order valence-corrected chi connectivity index (χ2v) is 7.00. The molecule has 30 heavy (non-hydrogen) atoms. The van der Waals surface area contributed by atoms with Crippen molar-refractivity contribution in [2.45, 2.75) is 25.8 Å². The molecular weight excluding hydrogens is 390 g/mol. The van der Waals surface area contributed by atoms with E-state index < -0.39 is 24.5 Å². The topological polar surface area (TPSA) is 128 Å². The van der Waals surface area contributed by atoms with Gasteiger partial charge in [0.2, 0.25) is 11.8 Å². The average molecular weight is 417 g/mol. The number of primary amides is 1. The summed E-state index contributed by atoms with van der Waals surface area (Å²) in [6, 6.07) is 6.21. The summed E-state index contributed by atoms with van der Waals surface area (Å²) >= 11 is 0. The maximum absolute atomic E-state index is 12.2. The number of benzene rings is 1. The highest BCUT2D eigenvalue weighted by molar-refractivity contribution is 5.94. The molecule has 0 bridgehead atoms. The predicted octanol–water partition coefficient (Wildman–Crippen LogP) is 0.480. The number of methoxy groups -OCH3 is 1. The van der Waals surface area contributed by atoms with Crippen LogP contribution in [0.1, 0.15) is 25.3 Å². The zero-order valence-corrected chi connectivity index (χ0v) is 17.1. The first kappa shape index (κ1) is 22.9. The van der Waals surface area contributed by atoms with Crippen LogP contribution in [0, 0.1) is 5.92 Å². The van der Waals surface area contributed by atoms with Gasteiger partial charge in [-0.1, -0.05) is 12.1 Å². The van der Waals surface area contributed by atoms with Crippen molar-refractivity contribution in [3.63, 3.8) is 0 Å². The molecule has 3 amide bonds. The van der Waals surface area contributed by atoms with Crippen LogP contribution in [0.5, 0.6) is 5.75 Å². The summed E-state index contributed by atoms with van der Waals surface area (Å²) in [6.07, 6.45) is 3.91. The van der Waals surface area contributed by atoms with Crippen molar-refractivity contribution in [3.05, 3.63) is 35.9 Å². The lowest BCUT2D eigenvalue weighted by atomic mass is 9.96. The second-order valence-electron chi connectivity index (χ2n) is 7.00. The number of nitrogens with one attached hydrogen (secondary N) is 1. The molecule has 0 aliphatic carbocycles. The number of carbonyl (C=O) groups excluding carboxylic acids is 4. The van der Waals surface area contributed by atoms with Crippen molar-refractivity contribution in [1.29, 1.82) is 0 Å². The number of hydrogen-bond acceptors (Lipinski definition) is 6. The van der Waals surface area contributed by atoms with Crippen LogP contribution < -0.4 is 15.8 Å². The SMILES string of the molecule is COc1ccc(C=CC(=O)NC(C)C(=O)OCC(=O)N2CCC(C(N)=O)CC2)cc1. The Morgan fingerprint density at radius 3 is 2.40 bits per heavy atom. The largest absolute Gasteiger partial charge is 0.497 e. The molecule has 1 unspecified atom stereocenters. The van der Waals surface area contributed by atoms with E-state index in [0.717, 1.165) is 5.56 Å². The van der Waals surface area contributed by atoms with Crippen molar-refractivity contribution < 1.29 is 28.7 Å². The quantitative estimate of drug-likeness (QED) is 0.468. The second kappa shape index (κ2) is 11.0. The fourth-order valence-corrected chi connectivity index (χ4v) is 2.97. The van der Waals surface area contributed by atoms with Crippen LogP contribution in [-0.4, -0.2) is 61.4 Å². The average Bonchev–Trinajstić information content (AvgIpc) is 2.76. The van der Waals surface area contributed by atoms with Gasteiger partial charge in [-0.15, -0.1) is 0 Å². The monoisotopic (exact) mass is 417 g/mol. The molecule has 3 N–H and O–H groups in total. The van der Waals surface area contributed by atoms with E-state index in [0.29, 0.717) is 31.7 Å². The first-order valence-corrected chi connectivity index (χ1v) is 9.66. The van der Waals surface area contributed by atoms with Crippen LogP contribution in [0.25, 0.3) is 6.08 Å². The Balaban J connectivity index is 1.73. The minimum atomic E-state index is -0.911. The van der Waals surface area contributed by atoms with E-state index in [1.165, 1.54) is 17.9 Å². The summed E-state index contributed by atoms with van der Waals surface area (Å²) in [5, 5.41) is 2.49. The molecular formula is C21H27N3O6. The van der Waals surface area contributed by atoms with E-state index in [-0.39, 0.29) is 17.7 Å². The molecule has 1 aromatic carbocycles. The van der Waals surface area contributed by atoms with Gasteiger partial charge in [0.25, 0.3) is 5.91 Å². The standard InChI is InChI=1S/C21H27N3O6/c1-14(23-18(25)8-5-15-3-6-17(29-2)7-4-15)21(28)30-13-19(26)24-11-9-16(10-12-24)20(22)27/h3-8,14,16H,9-13H2,1-2H3,(H2,22,27)(H,23,25). The minimum Gasteiger partial charge on any atom is -0.497 e. The lowest BCUT2D eigenvalue weighted by molar-refractivity contribution is -0.154. The number of carbonyl (C=O) groups is 4. The maximum Gasteiger partial charge on any atom is 0.328 e. The van der Waals surface area contributed by atoms with E-state index in [1.54, 1.807) is 37.5 Å². The van der Waals surface area contributed by atoms with Gasteiger partial charge in [-0.3, -0.25) is 14.4 Å². The normalized spacial score (nSPS) is 15.5. The van der Waals surface area contributed by atoms with E-state index in [1.807, 2.05) is 0 Å². The van der Waals surface area contributed by atoms with Crippen molar-refractivity contribution in [1.82, 2.24) is 10.2 Å². The highest BCUT2D eigenvalue weighted by Gasteiger charge is 2.26. The first-order valence-electron chi connectivity index (χ1n) is 9.66. The van der Waals surface area contributed by atoms with Gasteiger partial charge in [0.1, 0.15) is 11.8 Å². The molecule has 0 aromatic heterocycles. The Hall–Kier alpha value is -3.36. The van der Waals surface area contributed by atoms with E-state index in [9.17, 15) is 19.2 Å². The number of piperidine rings is 1. The van der Waals surface area contributed by atoms with E-state index >= 15 is 0 Å². The number of nitrogens with two attached hydrogens (primary N) is 1. The first-order chi connectivity index (χ1) is 14.3. The molecule has 1 saturated heterocycles. The number of rotatable bonds is 8. The Kier molecular flexibility index (Phi) is 8.40. The van der Waals surface area contributed by atoms with Crippen molar-refractivity contribution in [2.75, 3.05) is 26.8 Å². The fourth-order valence-electron chi connectivity index (χ4n) is 2.97. The zero-order valence-electron chi connectivity index (χ0n) is 17.1. The van der Waals surface area contributed by atoms with Crippen LogP contribution in [0.4, 0.5) is 0 Å². The van der Waals surface area contributed by atoms with Crippen molar-refractivity contribution in [3.8, 4) is 5.75 Å². The van der Waals surface area contributed by atoms with Crippen LogP contribution in [0.15, 0.2) is 30.3 Å². The maximum atomic E-state index is 12.2. The number of nitrogens with zero attached hydrogens (tertiary/aromatic N) is 1. The number of esters is 1. The van der Waals surface area contributed by atoms with Crippen LogP contribution >= 0.6 is 0 Å². The fraction of sp³-hybridized carbons (Fsp3) is 0.429. The Labute approximate surface area is 175 Å². The predicted molar refractivity (Wildman–Crippen MR) is 109 cm³/mol. The van der Waals surface area contributed by atoms with Crippen LogP contribution in [0.3, 0.4) is 0 Å². The molecule has 1 aliphatic rings. The molecule has 9 nitrogen and oxygen atoms in total. The third-order valence-electron chi connectivity index (χ3n) is 4.84. The Morgan fingerprint density at radius 2 is 1.83 bits per heavy atom. The molecule has 1 heterocycles. The summed E-state index contributed by atoms with van der Waals surface area (Å²) in [6.45, 7) is 1.85. The number of ether oxygens (including phenoxy) is 2. The number of likely N-dealkylation sites (tertiary alicyclic amines) is 1. The third-order valence-corrected chi connectivity index (χ3v) is 4.84. The smallest absolute Gasteiger partial charge is 0.328 e. The highest BCUT2D eigenvalue weighted by Crippen LogP contribution is 2.16. The third kappa shape index (κ3) is 6.91. The summed E-state index contributed by atoms with van der Waals surface area (Å²) < 4.78 is 10.1. The van der Waals surface area contributed by atoms with E-state index in [4.69, 9.17) is 15.2 Å². The van der Waals surface area contributed by atoms with Gasteiger partial charge in [-0.25, -0.2) is 4.79 Å². The van der Waals surface area contributed by atoms with Gasteiger partial charge >= 0.3 is 5.97 Å². The zero-order chi connectivity index (χ0) is 22.1. The van der Waals surface area contributed by atoms with Gasteiger partial charge in [0.15, 0.2) is 6.61 Å². The van der Waals surface area contributed by atoms with Gasteiger partial charge < -0.3 is 25.4 Å². The van der Waals surface area contributed by atoms with Gasteiger partial charge in [0, 0.05) is 25.1 Å². The van der Waals surface area contributed by atoms with Crippen LogP contribution in [-0.2, 0) is 23.9 Å². The molecule has 1 atom stereocenters. The van der Waals surface area contributed by atoms with Gasteiger partial charge in [0.05, 0.1) is 7.11 Å². The highest BCUT2D eigenvalue weighted by atomic mass is 16.5. The molecule has 162 valence electrons. The lowest BCUT2D eigenvalue weighted by Gasteiger charge is -2.30. The van der Waals surface area contributed by atoms with Crippen molar-refractivity contribution in [2.24, 2.45) is 11.7 Å². The summed E-state index contributed by atoms with van der Waals surface area (Å²) in [7, 11) is 1.57. The van der Waals surface area contributed by atoms with Gasteiger partial charge in [-0.05, 0) is 43.5 Å². The molecule has 1 aromatic rings. The molecule has 9 heteroatoms. The lowest BCUT2D eigenvalue weighted by Crippen LogP contribution is -2.44.